The minimum absolute atomic E-state index is 0.0472. The van der Waals surface area contributed by atoms with Crippen molar-refractivity contribution in [3.8, 4) is 11.1 Å². The van der Waals surface area contributed by atoms with Crippen molar-refractivity contribution in [1.29, 1.82) is 0 Å². The highest BCUT2D eigenvalue weighted by atomic mass is 35.5. The van der Waals surface area contributed by atoms with Crippen molar-refractivity contribution in [2.75, 3.05) is 0 Å². The second-order valence-corrected chi connectivity index (χ2v) is 10.8. The van der Waals surface area contributed by atoms with Gasteiger partial charge in [0.05, 0.1) is 21.0 Å². The number of esters is 1. The maximum absolute atomic E-state index is 14.8. The minimum Gasteiger partial charge on any atom is -0.451 e. The first kappa shape index (κ1) is 28.5. The number of aromatic nitrogens is 3. The first-order valence-corrected chi connectivity index (χ1v) is 13.9. The summed E-state index contributed by atoms with van der Waals surface area (Å²) in [4.78, 5) is 21.2. The molecule has 6 rings (SSSR count). The van der Waals surface area contributed by atoms with Crippen LogP contribution in [0, 0.1) is 5.82 Å². The molecule has 8 nitrogen and oxygen atoms in total. The van der Waals surface area contributed by atoms with Crippen LogP contribution in [0.5, 0.6) is 0 Å². The van der Waals surface area contributed by atoms with Crippen LogP contribution >= 0.6 is 34.8 Å². The van der Waals surface area contributed by atoms with E-state index >= 15 is 0 Å². The third-order valence-electron chi connectivity index (χ3n) is 7.10. The minimum atomic E-state index is -1.57. The lowest BCUT2D eigenvalue weighted by molar-refractivity contribution is -0.0917. The molecule has 0 amide bonds. The molecule has 214 valence electrons. The summed E-state index contributed by atoms with van der Waals surface area (Å²) in [6, 6.07) is 21.0. The highest BCUT2D eigenvalue weighted by Crippen LogP contribution is 2.41. The average Bonchev–Trinajstić information content (AvgIpc) is 3.49. The van der Waals surface area contributed by atoms with Gasteiger partial charge in [-0.15, -0.1) is 0 Å². The van der Waals surface area contributed by atoms with E-state index in [1.807, 2.05) is 30.3 Å². The molecule has 3 aromatic carbocycles. The molecule has 0 spiro atoms. The van der Waals surface area contributed by atoms with Crippen LogP contribution in [-0.2, 0) is 9.47 Å². The number of hydrogen-bond donors (Lipinski definition) is 2. The van der Waals surface area contributed by atoms with Crippen LogP contribution in [0.3, 0.4) is 0 Å². The first-order chi connectivity index (χ1) is 20.2. The quantitative estimate of drug-likeness (QED) is 0.165. The molecule has 5 atom stereocenters. The zero-order valence-corrected chi connectivity index (χ0v) is 23.7. The highest BCUT2D eigenvalue weighted by Gasteiger charge is 2.49. The summed E-state index contributed by atoms with van der Waals surface area (Å²) in [5.74, 6) is -1.45. The second-order valence-electron chi connectivity index (χ2n) is 9.66. The van der Waals surface area contributed by atoms with Crippen molar-refractivity contribution in [3.63, 3.8) is 0 Å². The Morgan fingerprint density at radius 2 is 1.64 bits per heavy atom. The third kappa shape index (κ3) is 5.24. The highest BCUT2D eigenvalue weighted by molar-refractivity contribution is 6.42. The van der Waals surface area contributed by atoms with Gasteiger partial charge in [-0.2, -0.15) is 0 Å². The number of nitrogens with zero attached hydrogens (tertiary/aromatic N) is 3. The van der Waals surface area contributed by atoms with Crippen LogP contribution in [0.15, 0.2) is 85.3 Å². The topological polar surface area (TPSA) is 107 Å². The number of aliphatic hydroxyl groups is 2. The lowest BCUT2D eigenvalue weighted by Gasteiger charge is -2.26. The standard InChI is InChI=1S/C30H21Cl3FN3O5/c31-19-11-10-18(12-20(19)32)25(42-30(40)17-8-6-16(7-9-17)15-4-2-1-3-5-15)26-23(38)24(39)29(41-26)37-13-21(34)22-27(33)35-14-36-28(22)37/h1-14,23-26,29,38-39H/t23-,24+,25?,26-,29+/m0/s1. The summed E-state index contributed by atoms with van der Waals surface area (Å²) in [5.41, 5.74) is 2.53. The van der Waals surface area contributed by atoms with Crippen molar-refractivity contribution >= 4 is 51.8 Å². The number of aliphatic hydroxyl groups excluding tert-OH is 2. The monoisotopic (exact) mass is 627 g/mol. The maximum Gasteiger partial charge on any atom is 0.338 e. The summed E-state index contributed by atoms with van der Waals surface area (Å²) in [5, 5.41) is 22.4. The first-order valence-electron chi connectivity index (χ1n) is 12.7. The Labute approximate surface area is 253 Å². The van der Waals surface area contributed by atoms with Gasteiger partial charge in [-0.05, 0) is 41.0 Å². The number of rotatable bonds is 6. The van der Waals surface area contributed by atoms with Gasteiger partial charge in [-0.1, -0.05) is 83.3 Å². The Balaban J connectivity index is 1.33. The molecule has 1 fully saturated rings. The van der Waals surface area contributed by atoms with Gasteiger partial charge < -0.3 is 24.3 Å². The van der Waals surface area contributed by atoms with Crippen LogP contribution in [0.1, 0.15) is 28.3 Å². The van der Waals surface area contributed by atoms with Crippen molar-refractivity contribution in [2.45, 2.75) is 30.6 Å². The van der Waals surface area contributed by atoms with E-state index in [2.05, 4.69) is 9.97 Å². The van der Waals surface area contributed by atoms with Gasteiger partial charge in [0.2, 0.25) is 0 Å². The number of ether oxygens (including phenoxy) is 2. The Morgan fingerprint density at radius 1 is 0.929 bits per heavy atom. The summed E-state index contributed by atoms with van der Waals surface area (Å²) in [7, 11) is 0. The van der Waals surface area contributed by atoms with E-state index in [0.29, 0.717) is 5.56 Å². The van der Waals surface area contributed by atoms with Gasteiger partial charge >= 0.3 is 5.97 Å². The zero-order valence-electron chi connectivity index (χ0n) is 21.4. The molecule has 2 N–H and O–H groups in total. The normalized spacial score (nSPS) is 21.0. The summed E-state index contributed by atoms with van der Waals surface area (Å²) >= 11 is 18.4. The zero-order chi connectivity index (χ0) is 29.5. The molecule has 1 saturated heterocycles. The number of fused-ring (bicyclic) bond motifs is 1. The van der Waals surface area contributed by atoms with Gasteiger partial charge in [-0.25, -0.2) is 19.2 Å². The van der Waals surface area contributed by atoms with Gasteiger partial charge in [-0.3, -0.25) is 0 Å². The summed E-state index contributed by atoms with van der Waals surface area (Å²) in [6.45, 7) is 0. The van der Waals surface area contributed by atoms with E-state index in [1.54, 1.807) is 30.3 Å². The summed E-state index contributed by atoms with van der Waals surface area (Å²) < 4.78 is 27.9. The van der Waals surface area contributed by atoms with Crippen LogP contribution in [0.25, 0.3) is 22.2 Å². The van der Waals surface area contributed by atoms with Gasteiger partial charge in [0.25, 0.3) is 0 Å². The average molecular weight is 629 g/mol. The molecule has 42 heavy (non-hydrogen) atoms. The van der Waals surface area contributed by atoms with E-state index in [-0.39, 0.29) is 31.8 Å². The van der Waals surface area contributed by atoms with E-state index < -0.39 is 42.4 Å². The fourth-order valence-corrected chi connectivity index (χ4v) is 5.52. The molecule has 0 radical (unpaired) electrons. The third-order valence-corrected chi connectivity index (χ3v) is 8.12. The molecule has 1 aliphatic rings. The number of carbonyl (C=O) groups is 1. The van der Waals surface area contributed by atoms with E-state index in [9.17, 15) is 19.4 Å². The Morgan fingerprint density at radius 3 is 2.36 bits per heavy atom. The van der Waals surface area contributed by atoms with E-state index in [0.717, 1.165) is 23.7 Å². The molecule has 2 aromatic heterocycles. The molecule has 0 saturated carbocycles. The molecule has 12 heteroatoms. The lowest BCUT2D eigenvalue weighted by Crippen LogP contribution is -2.36. The molecule has 0 bridgehead atoms. The van der Waals surface area contributed by atoms with Crippen molar-refractivity contribution in [2.24, 2.45) is 0 Å². The van der Waals surface area contributed by atoms with Crippen LogP contribution in [0.4, 0.5) is 4.39 Å². The van der Waals surface area contributed by atoms with Crippen LogP contribution < -0.4 is 0 Å². The largest absolute Gasteiger partial charge is 0.451 e. The summed E-state index contributed by atoms with van der Waals surface area (Å²) in [6.07, 6.45) is -4.80. The predicted octanol–water partition coefficient (Wildman–Crippen LogP) is 6.42. The van der Waals surface area contributed by atoms with E-state index in [4.69, 9.17) is 44.3 Å². The second kappa shape index (κ2) is 11.6. The smallest absolute Gasteiger partial charge is 0.338 e. The number of hydrogen-bond acceptors (Lipinski definition) is 7. The molecular weight excluding hydrogens is 608 g/mol. The SMILES string of the molecule is O=C(OC(c1ccc(Cl)c(Cl)c1)[C@H]1O[C@@H](n2cc(F)c3c(Cl)ncnc32)[C@H](O)[C@@H]1O)c1ccc(-c2ccccc2)cc1. The predicted molar refractivity (Wildman–Crippen MR) is 155 cm³/mol. The maximum atomic E-state index is 14.8. The number of benzene rings is 3. The molecule has 5 aromatic rings. The molecule has 0 aliphatic carbocycles. The fraction of sp³-hybridized carbons (Fsp3) is 0.167. The fourth-order valence-electron chi connectivity index (χ4n) is 4.99. The van der Waals surface area contributed by atoms with Crippen LogP contribution in [-0.4, -0.2) is 49.0 Å². The Bertz CT molecular complexity index is 1770. The van der Waals surface area contributed by atoms with Crippen molar-refractivity contribution in [1.82, 2.24) is 14.5 Å². The lowest BCUT2D eigenvalue weighted by atomic mass is 9.98. The number of carbonyl (C=O) groups excluding carboxylic acids is 1. The Kier molecular flexibility index (Phi) is 7.89. The van der Waals surface area contributed by atoms with Crippen LogP contribution in [0.2, 0.25) is 15.2 Å². The molecule has 3 heterocycles. The van der Waals surface area contributed by atoms with Gasteiger partial charge in [0, 0.05) is 6.20 Å². The van der Waals surface area contributed by atoms with Crippen molar-refractivity contribution in [3.05, 3.63) is 117 Å². The Hall–Kier alpha value is -3.57. The molecule has 1 aliphatic heterocycles. The number of halogens is 4. The van der Waals surface area contributed by atoms with Gasteiger partial charge in [0.1, 0.15) is 35.4 Å². The van der Waals surface area contributed by atoms with Crippen molar-refractivity contribution < 1.29 is 28.9 Å². The van der Waals surface area contributed by atoms with Gasteiger partial charge in [0.15, 0.2) is 18.1 Å². The molecular formula is C30H21Cl3FN3O5. The van der Waals surface area contributed by atoms with E-state index in [1.165, 1.54) is 16.7 Å². The molecule has 1 unspecified atom stereocenters.